The van der Waals surface area contributed by atoms with Crippen LogP contribution in [0.25, 0.3) is 0 Å². The fourth-order valence-corrected chi connectivity index (χ4v) is 5.24. The lowest BCUT2D eigenvalue weighted by atomic mass is 9.55. The molecule has 27 heavy (non-hydrogen) atoms. The first-order valence-corrected chi connectivity index (χ1v) is 9.69. The van der Waals surface area contributed by atoms with Crippen LogP contribution in [0.5, 0.6) is 5.75 Å². The van der Waals surface area contributed by atoms with Crippen molar-refractivity contribution in [3.05, 3.63) is 41.0 Å². The zero-order chi connectivity index (χ0) is 21.6. The Balaban J connectivity index is 1.47. The van der Waals surface area contributed by atoms with Crippen LogP contribution < -0.4 is 10.1 Å². The second-order valence-electron chi connectivity index (χ2n) is 8.26. The summed E-state index contributed by atoms with van der Waals surface area (Å²) in [5.74, 6) is -0.847. The molecule has 0 radical (unpaired) electrons. The van der Waals surface area contributed by atoms with Crippen LogP contribution in [-0.4, -0.2) is 29.6 Å². The number of ether oxygens (including phenoxy) is 1. The highest BCUT2D eigenvalue weighted by Gasteiger charge is 2.50. The number of hydrogen-bond donors (Lipinski definition) is 2. The number of carboxylic acids is 1. The molecule has 1 aromatic rings. The van der Waals surface area contributed by atoms with Crippen molar-refractivity contribution < 1.29 is 23.5 Å². The van der Waals surface area contributed by atoms with Crippen molar-refractivity contribution in [2.45, 2.75) is 68.7 Å². The third kappa shape index (κ3) is 3.13. The molecule has 0 heterocycles. The van der Waals surface area contributed by atoms with E-state index in [2.05, 4.69) is 5.32 Å². The Bertz CT molecular complexity index is 881. The van der Waals surface area contributed by atoms with Gasteiger partial charge in [0.1, 0.15) is 5.75 Å². The number of hydrogen-bond acceptors (Lipinski definition) is 3. The van der Waals surface area contributed by atoms with E-state index in [0.29, 0.717) is 24.2 Å². The molecule has 4 aliphatic rings. The van der Waals surface area contributed by atoms with Crippen LogP contribution in [0.3, 0.4) is 0 Å². The second-order valence-corrected chi connectivity index (χ2v) is 8.26. The zero-order valence-electron chi connectivity index (χ0n) is 18.3. The molecular weight excluding hydrogens is 342 g/mol. The molecule has 4 aliphatic carbocycles. The van der Waals surface area contributed by atoms with Crippen LogP contribution in [0.2, 0.25) is 0 Å². The highest BCUT2D eigenvalue weighted by Crippen LogP contribution is 2.54. The number of amides is 1. The molecule has 144 valence electrons. The third-order valence-electron chi connectivity index (χ3n) is 6.94. The van der Waals surface area contributed by atoms with E-state index in [9.17, 15) is 14.7 Å². The Morgan fingerprint density at radius 2 is 1.81 bits per heavy atom. The summed E-state index contributed by atoms with van der Waals surface area (Å²) in [7, 11) is -2.47. The quantitative estimate of drug-likeness (QED) is 0.826. The molecule has 3 saturated carbocycles. The third-order valence-corrected chi connectivity index (χ3v) is 6.94. The van der Waals surface area contributed by atoms with E-state index < -0.39 is 13.0 Å². The predicted octanol–water partition coefficient (Wildman–Crippen LogP) is 3.72. The molecule has 0 aliphatic heterocycles. The van der Waals surface area contributed by atoms with Gasteiger partial charge in [-0.1, -0.05) is 12.1 Å². The summed E-state index contributed by atoms with van der Waals surface area (Å²) in [6.07, 6.45) is 6.90. The van der Waals surface area contributed by atoms with Crippen molar-refractivity contribution in [2.24, 2.45) is 0 Å². The molecule has 1 amide bonds. The van der Waals surface area contributed by atoms with E-state index >= 15 is 0 Å². The lowest BCUT2D eigenvalue weighted by Gasteiger charge is -2.54. The summed E-state index contributed by atoms with van der Waals surface area (Å²) in [4.78, 5) is 24.2. The average Bonchev–Trinajstić information content (AvgIpc) is 3.19. The number of carboxylic acid groups (broad SMARTS) is 1. The predicted molar refractivity (Wildman–Crippen MR) is 102 cm³/mol. The van der Waals surface area contributed by atoms with Crippen molar-refractivity contribution >= 4 is 11.9 Å². The van der Waals surface area contributed by atoms with Crippen LogP contribution in [0.1, 0.15) is 67.5 Å². The number of benzene rings is 1. The molecule has 0 aromatic heterocycles. The number of fused-ring (bicyclic) bond motifs is 3. The molecule has 0 saturated heterocycles. The van der Waals surface area contributed by atoms with Crippen LogP contribution in [-0.2, 0) is 15.0 Å². The molecule has 5 nitrogen and oxygen atoms in total. The molecule has 5 rings (SSSR count). The van der Waals surface area contributed by atoms with Crippen molar-refractivity contribution in [2.75, 3.05) is 7.04 Å². The maximum Gasteiger partial charge on any atom is 0.332 e. The molecule has 3 fully saturated rings. The Kier molecular flexibility index (Phi) is 3.65. The highest BCUT2D eigenvalue weighted by atomic mass is 16.5. The van der Waals surface area contributed by atoms with Gasteiger partial charge >= 0.3 is 5.97 Å². The Hall–Kier alpha value is -2.30. The zero-order valence-corrected chi connectivity index (χ0v) is 15.3. The molecule has 0 spiro atoms. The van der Waals surface area contributed by atoms with Crippen molar-refractivity contribution in [1.29, 1.82) is 0 Å². The maximum absolute atomic E-state index is 12.8. The number of aliphatic carboxylic acids is 1. The molecule has 2 N–H and O–H groups in total. The van der Waals surface area contributed by atoms with Gasteiger partial charge in [0.2, 0.25) is 5.91 Å². The van der Waals surface area contributed by atoms with Crippen LogP contribution in [0, 0.1) is 0 Å². The van der Waals surface area contributed by atoms with Crippen LogP contribution >= 0.6 is 0 Å². The van der Waals surface area contributed by atoms with Gasteiger partial charge in [-0.3, -0.25) is 4.79 Å². The van der Waals surface area contributed by atoms with Gasteiger partial charge in [0.05, 0.1) is 11.2 Å². The van der Waals surface area contributed by atoms with Gasteiger partial charge in [0.25, 0.3) is 0 Å². The van der Waals surface area contributed by atoms with Gasteiger partial charge in [0.15, 0.2) is 0 Å². The minimum absolute atomic E-state index is 0.0283. The Morgan fingerprint density at radius 1 is 1.11 bits per heavy atom. The summed E-state index contributed by atoms with van der Waals surface area (Å²) in [5.41, 5.74) is 1.49. The summed E-state index contributed by atoms with van der Waals surface area (Å²) >= 11 is 0. The Morgan fingerprint density at radius 3 is 2.48 bits per heavy atom. The van der Waals surface area contributed by atoms with E-state index in [4.69, 9.17) is 8.85 Å². The first-order valence-electron chi connectivity index (χ1n) is 11.2. The minimum Gasteiger partial charge on any atom is -0.497 e. The van der Waals surface area contributed by atoms with Gasteiger partial charge in [-0.15, -0.1) is 0 Å². The normalized spacial score (nSPS) is 31.8. The second kappa shape index (κ2) is 6.70. The van der Waals surface area contributed by atoms with E-state index in [-0.39, 0.29) is 22.4 Å². The summed E-state index contributed by atoms with van der Waals surface area (Å²) < 4.78 is 27.0. The summed E-state index contributed by atoms with van der Waals surface area (Å²) in [6.45, 7) is 0. The fourth-order valence-electron chi connectivity index (χ4n) is 5.24. The maximum atomic E-state index is 12.8. The van der Waals surface area contributed by atoms with Gasteiger partial charge < -0.3 is 15.2 Å². The van der Waals surface area contributed by atoms with Crippen molar-refractivity contribution in [3.8, 4) is 5.75 Å². The van der Waals surface area contributed by atoms with E-state index in [1.54, 1.807) is 6.07 Å². The van der Waals surface area contributed by atoms with Crippen LogP contribution in [0.15, 0.2) is 35.4 Å². The first-order chi connectivity index (χ1) is 14.1. The van der Waals surface area contributed by atoms with E-state index in [1.807, 2.05) is 18.2 Å². The number of rotatable bonds is 5. The van der Waals surface area contributed by atoms with Gasteiger partial charge in [-0.2, -0.15) is 0 Å². The van der Waals surface area contributed by atoms with Gasteiger partial charge in [-0.25, -0.2) is 4.79 Å². The smallest absolute Gasteiger partial charge is 0.332 e. The molecule has 0 unspecified atom stereocenters. The van der Waals surface area contributed by atoms with E-state index in [0.717, 1.165) is 50.5 Å². The van der Waals surface area contributed by atoms with Crippen LogP contribution in [0.4, 0.5) is 0 Å². The SMILES string of the molecule is [2H]C([2H])([2H])Oc1cccc(C23CCC(NC(=O)C4=C(C(=O)O)CCC4)(CC2)CC3)c1. The van der Waals surface area contributed by atoms with Gasteiger partial charge in [0, 0.05) is 16.7 Å². The Labute approximate surface area is 164 Å². The molecular formula is C22H27NO4. The topological polar surface area (TPSA) is 75.6 Å². The molecule has 1 aromatic carbocycles. The number of methoxy groups -OCH3 is 1. The number of carbonyl (C=O) groups excluding carboxylic acids is 1. The monoisotopic (exact) mass is 372 g/mol. The van der Waals surface area contributed by atoms with E-state index in [1.165, 1.54) is 0 Å². The first kappa shape index (κ1) is 14.7. The average molecular weight is 372 g/mol. The standard InChI is InChI=1S/C22H27NO4/c1-27-16-5-2-4-15(14-16)21-8-11-22(12-9-21,13-10-21)23-19(24)17-6-3-7-18(17)20(25)26/h2,4-5,14H,3,6-13H2,1H3,(H,23,24)(H,25,26)/i1D3. The van der Waals surface area contributed by atoms with Crippen molar-refractivity contribution in [1.82, 2.24) is 5.32 Å². The summed E-state index contributed by atoms with van der Waals surface area (Å²) in [6, 6.07) is 7.37. The lowest BCUT2D eigenvalue weighted by molar-refractivity contribution is -0.133. The van der Waals surface area contributed by atoms with Gasteiger partial charge in [-0.05, 0) is 80.9 Å². The molecule has 2 bridgehead atoms. The number of nitrogens with one attached hydrogen (secondary N) is 1. The lowest BCUT2D eigenvalue weighted by Crippen LogP contribution is -2.58. The minimum atomic E-state index is -2.47. The summed E-state index contributed by atoms with van der Waals surface area (Å²) in [5, 5.41) is 12.5. The number of carbonyl (C=O) groups is 2. The molecule has 0 atom stereocenters. The van der Waals surface area contributed by atoms with Crippen molar-refractivity contribution in [3.63, 3.8) is 0 Å². The fraction of sp³-hybridized carbons (Fsp3) is 0.545. The highest BCUT2D eigenvalue weighted by molar-refractivity contribution is 6.03. The largest absolute Gasteiger partial charge is 0.497 e. The molecule has 5 heteroatoms.